The molecule has 6 heteroatoms. The molecule has 6 nitrogen and oxygen atoms in total. The van der Waals surface area contributed by atoms with Crippen LogP contribution < -0.4 is 11.2 Å². The van der Waals surface area contributed by atoms with Crippen molar-refractivity contribution < 1.29 is 0 Å². The Morgan fingerprint density at radius 2 is 1.79 bits per heavy atom. The minimum absolute atomic E-state index is 0.317. The van der Waals surface area contributed by atoms with Crippen molar-refractivity contribution in [2.75, 3.05) is 0 Å². The Morgan fingerprint density at radius 3 is 2.43 bits per heavy atom. The molecule has 0 fully saturated rings. The standard InChI is InChI=1S/C8H10N4O2/c1-10-4-5-6(9-10)7(13)12(3)8(14)11(5)2/h4H,1-3H3. The first kappa shape index (κ1) is 8.74. The van der Waals surface area contributed by atoms with Crippen LogP contribution in [0, 0.1) is 0 Å². The zero-order valence-electron chi connectivity index (χ0n) is 8.18. The van der Waals surface area contributed by atoms with Crippen molar-refractivity contribution in [2.45, 2.75) is 0 Å². The van der Waals surface area contributed by atoms with Gasteiger partial charge in [-0.15, -0.1) is 0 Å². The molecule has 74 valence electrons. The molecule has 2 heterocycles. The Hall–Kier alpha value is -1.85. The van der Waals surface area contributed by atoms with Gasteiger partial charge >= 0.3 is 5.69 Å². The van der Waals surface area contributed by atoms with E-state index >= 15 is 0 Å². The van der Waals surface area contributed by atoms with Gasteiger partial charge in [0.15, 0.2) is 5.52 Å². The second kappa shape index (κ2) is 2.57. The highest BCUT2D eigenvalue weighted by Crippen LogP contribution is 2.02. The summed E-state index contributed by atoms with van der Waals surface area (Å²) in [5, 5.41) is 4.00. The van der Waals surface area contributed by atoms with Crippen molar-refractivity contribution in [3.8, 4) is 0 Å². The Morgan fingerprint density at radius 1 is 1.14 bits per heavy atom. The van der Waals surface area contributed by atoms with Crippen LogP contribution >= 0.6 is 0 Å². The molecule has 2 aromatic heterocycles. The predicted octanol–water partition coefficient (Wildman–Crippen LogP) is -1.03. The van der Waals surface area contributed by atoms with Crippen molar-refractivity contribution in [1.29, 1.82) is 0 Å². The molecule has 2 aromatic rings. The highest BCUT2D eigenvalue weighted by atomic mass is 16.2. The Kier molecular flexibility index (Phi) is 1.60. The predicted molar refractivity (Wildman–Crippen MR) is 51.2 cm³/mol. The van der Waals surface area contributed by atoms with E-state index in [-0.39, 0.29) is 11.2 Å². The lowest BCUT2D eigenvalue weighted by atomic mass is 10.4. The maximum absolute atomic E-state index is 11.6. The van der Waals surface area contributed by atoms with E-state index in [0.29, 0.717) is 11.0 Å². The number of hydrogen-bond acceptors (Lipinski definition) is 3. The molecule has 0 N–H and O–H groups in total. The summed E-state index contributed by atoms with van der Waals surface area (Å²) in [5.74, 6) is 0. The molecule has 0 bridgehead atoms. The third-order valence-electron chi connectivity index (χ3n) is 2.25. The smallest absolute Gasteiger partial charge is 0.293 e. The topological polar surface area (TPSA) is 61.8 Å². The number of fused-ring (bicyclic) bond motifs is 1. The Labute approximate surface area is 79.0 Å². The zero-order valence-corrected chi connectivity index (χ0v) is 8.18. The van der Waals surface area contributed by atoms with Gasteiger partial charge in [-0.25, -0.2) is 4.79 Å². The van der Waals surface area contributed by atoms with Crippen LogP contribution in [0.2, 0.25) is 0 Å². The SMILES string of the molecule is Cn1cc2c(n1)c(=O)n(C)c(=O)n2C. The van der Waals surface area contributed by atoms with E-state index < -0.39 is 0 Å². The summed E-state index contributed by atoms with van der Waals surface area (Å²) in [6, 6.07) is 0. The summed E-state index contributed by atoms with van der Waals surface area (Å²) in [5.41, 5.74) is 0.178. The van der Waals surface area contributed by atoms with Crippen LogP contribution in [0.1, 0.15) is 0 Å². The van der Waals surface area contributed by atoms with E-state index in [1.54, 1.807) is 20.3 Å². The summed E-state index contributed by atoms with van der Waals surface area (Å²) < 4.78 is 3.98. The number of aryl methyl sites for hydroxylation is 2. The van der Waals surface area contributed by atoms with E-state index in [1.165, 1.54) is 16.3 Å². The molecular formula is C8H10N4O2. The summed E-state index contributed by atoms with van der Waals surface area (Å²) in [7, 11) is 4.77. The lowest BCUT2D eigenvalue weighted by Gasteiger charge is -2.00. The first-order valence-corrected chi connectivity index (χ1v) is 4.11. The molecule has 0 atom stereocenters. The second-order valence-electron chi connectivity index (χ2n) is 3.24. The van der Waals surface area contributed by atoms with Gasteiger partial charge in [-0.05, 0) is 0 Å². The van der Waals surface area contributed by atoms with E-state index in [9.17, 15) is 9.59 Å². The summed E-state index contributed by atoms with van der Waals surface area (Å²) >= 11 is 0. The number of nitrogens with zero attached hydrogens (tertiary/aromatic N) is 4. The average Bonchev–Trinajstić information content (AvgIpc) is 2.54. The zero-order chi connectivity index (χ0) is 10.5. The number of hydrogen-bond donors (Lipinski definition) is 0. The van der Waals surface area contributed by atoms with Crippen LogP contribution in [0.25, 0.3) is 11.0 Å². The molecule has 0 unspecified atom stereocenters. The number of rotatable bonds is 0. The van der Waals surface area contributed by atoms with Crippen LogP contribution in [0.3, 0.4) is 0 Å². The van der Waals surface area contributed by atoms with Crippen LogP contribution in [-0.2, 0) is 21.1 Å². The van der Waals surface area contributed by atoms with Crippen LogP contribution in [-0.4, -0.2) is 18.9 Å². The quantitative estimate of drug-likeness (QED) is 0.538. The first-order chi connectivity index (χ1) is 6.52. The normalized spacial score (nSPS) is 11.1. The van der Waals surface area contributed by atoms with E-state index in [0.717, 1.165) is 4.57 Å². The van der Waals surface area contributed by atoms with Gasteiger partial charge in [-0.1, -0.05) is 0 Å². The van der Waals surface area contributed by atoms with Gasteiger partial charge in [-0.3, -0.25) is 18.6 Å². The van der Waals surface area contributed by atoms with Gasteiger partial charge in [0.25, 0.3) is 5.56 Å². The molecule has 0 saturated carbocycles. The maximum Gasteiger partial charge on any atom is 0.331 e. The molecule has 0 aromatic carbocycles. The molecule has 0 aliphatic carbocycles. The molecule has 0 spiro atoms. The summed E-state index contributed by atoms with van der Waals surface area (Å²) in [4.78, 5) is 23.1. The highest BCUT2D eigenvalue weighted by Gasteiger charge is 2.10. The van der Waals surface area contributed by atoms with E-state index in [4.69, 9.17) is 0 Å². The minimum Gasteiger partial charge on any atom is -0.293 e. The summed E-state index contributed by atoms with van der Waals surface area (Å²) in [6.07, 6.45) is 1.65. The Balaban J connectivity index is 3.17. The highest BCUT2D eigenvalue weighted by molar-refractivity contribution is 5.72. The Bertz CT molecular complexity index is 617. The van der Waals surface area contributed by atoms with Gasteiger partial charge in [0.05, 0.1) is 5.52 Å². The second-order valence-corrected chi connectivity index (χ2v) is 3.24. The van der Waals surface area contributed by atoms with Gasteiger partial charge in [0, 0.05) is 27.3 Å². The van der Waals surface area contributed by atoms with Crippen LogP contribution in [0.5, 0.6) is 0 Å². The van der Waals surface area contributed by atoms with Crippen molar-refractivity contribution in [3.05, 3.63) is 27.0 Å². The molecule has 0 radical (unpaired) electrons. The third kappa shape index (κ3) is 0.935. The molecule has 0 saturated heterocycles. The van der Waals surface area contributed by atoms with E-state index in [1.807, 2.05) is 0 Å². The molecule has 14 heavy (non-hydrogen) atoms. The van der Waals surface area contributed by atoms with Crippen molar-refractivity contribution in [1.82, 2.24) is 18.9 Å². The minimum atomic E-state index is -0.358. The van der Waals surface area contributed by atoms with Gasteiger partial charge in [0.1, 0.15) is 0 Å². The van der Waals surface area contributed by atoms with Crippen molar-refractivity contribution in [2.24, 2.45) is 21.1 Å². The first-order valence-electron chi connectivity index (χ1n) is 4.11. The van der Waals surface area contributed by atoms with Crippen molar-refractivity contribution >= 4 is 11.0 Å². The lowest BCUT2D eigenvalue weighted by Crippen LogP contribution is -2.36. The van der Waals surface area contributed by atoms with Gasteiger partial charge < -0.3 is 0 Å². The third-order valence-corrected chi connectivity index (χ3v) is 2.25. The maximum atomic E-state index is 11.6. The molecule has 0 amide bonds. The van der Waals surface area contributed by atoms with Gasteiger partial charge in [0.2, 0.25) is 0 Å². The molecule has 0 aliphatic rings. The lowest BCUT2D eigenvalue weighted by molar-refractivity contribution is 0.712. The molecule has 0 aliphatic heterocycles. The largest absolute Gasteiger partial charge is 0.331 e. The fraction of sp³-hybridized carbons (Fsp3) is 0.375. The summed E-state index contributed by atoms with van der Waals surface area (Å²) in [6.45, 7) is 0. The molecule has 2 rings (SSSR count). The number of aromatic nitrogens is 4. The fourth-order valence-corrected chi connectivity index (χ4v) is 1.45. The fourth-order valence-electron chi connectivity index (χ4n) is 1.45. The van der Waals surface area contributed by atoms with Crippen molar-refractivity contribution in [3.63, 3.8) is 0 Å². The van der Waals surface area contributed by atoms with Gasteiger partial charge in [-0.2, -0.15) is 5.10 Å². The van der Waals surface area contributed by atoms with E-state index in [2.05, 4.69) is 5.10 Å². The average molecular weight is 194 g/mol. The van der Waals surface area contributed by atoms with Crippen LogP contribution in [0.4, 0.5) is 0 Å². The monoisotopic (exact) mass is 194 g/mol. The van der Waals surface area contributed by atoms with Crippen LogP contribution in [0.15, 0.2) is 15.8 Å². The molecular weight excluding hydrogens is 184 g/mol.